The van der Waals surface area contributed by atoms with Gasteiger partial charge in [-0.25, -0.2) is 0 Å². The number of allylic oxidation sites excluding steroid dienone is 4. The normalized spacial score (nSPS) is 12.9. The van der Waals surface area contributed by atoms with E-state index in [9.17, 15) is 0 Å². The van der Waals surface area contributed by atoms with Gasteiger partial charge in [0.15, 0.2) is 0 Å². The van der Waals surface area contributed by atoms with Gasteiger partial charge in [0.1, 0.15) is 0 Å². The highest BCUT2D eigenvalue weighted by Crippen LogP contribution is 2.03. The van der Waals surface area contributed by atoms with Crippen molar-refractivity contribution in [3.8, 4) is 0 Å². The van der Waals surface area contributed by atoms with Gasteiger partial charge in [0.2, 0.25) is 0 Å². The van der Waals surface area contributed by atoms with E-state index in [2.05, 4.69) is 39.0 Å². The molecule has 0 atom stereocenters. The molecule has 0 aromatic heterocycles. The lowest BCUT2D eigenvalue weighted by Crippen LogP contribution is -1.73. The lowest BCUT2D eigenvalue weighted by Gasteiger charge is -1.93. The maximum absolute atomic E-state index is 2.26. The van der Waals surface area contributed by atoms with Gasteiger partial charge in [-0.3, -0.25) is 0 Å². The molecule has 0 saturated carbocycles. The molecule has 0 heteroatoms. The fourth-order valence-electron chi connectivity index (χ4n) is 0.740. The molecule has 0 aromatic rings. The van der Waals surface area contributed by atoms with Crippen molar-refractivity contribution in [2.45, 2.75) is 40.0 Å². The summed E-state index contributed by atoms with van der Waals surface area (Å²) in [4.78, 5) is 0. The van der Waals surface area contributed by atoms with Crippen LogP contribution in [0.2, 0.25) is 0 Å². The van der Waals surface area contributed by atoms with E-state index in [-0.39, 0.29) is 0 Å². The van der Waals surface area contributed by atoms with Gasteiger partial charge in [-0.15, -0.1) is 0 Å². The van der Waals surface area contributed by atoms with Crippen molar-refractivity contribution in [2.24, 2.45) is 0 Å². The van der Waals surface area contributed by atoms with Gasteiger partial charge in [0.25, 0.3) is 0 Å². The minimum atomic E-state index is 1.16. The molecule has 0 amide bonds. The topological polar surface area (TPSA) is 0 Å². The first-order valence-corrected chi connectivity index (χ1v) is 4.08. The largest absolute Gasteiger partial charge is 0.0888 e. The zero-order valence-electron chi connectivity index (χ0n) is 7.35. The Bertz CT molecular complexity index is 118. The van der Waals surface area contributed by atoms with Crippen LogP contribution in [0.25, 0.3) is 0 Å². The molecule has 10 heavy (non-hydrogen) atoms. The monoisotopic (exact) mass is 138 g/mol. The van der Waals surface area contributed by atoms with Crippen LogP contribution in [0.15, 0.2) is 23.8 Å². The fraction of sp³-hybridized carbons (Fsp3) is 0.600. The summed E-state index contributed by atoms with van der Waals surface area (Å²) in [5.41, 5.74) is 1.49. The fourth-order valence-corrected chi connectivity index (χ4v) is 0.740. The Morgan fingerprint density at radius 1 is 1.30 bits per heavy atom. The zero-order valence-corrected chi connectivity index (χ0v) is 7.35. The second-order valence-electron chi connectivity index (χ2n) is 2.55. The second-order valence-corrected chi connectivity index (χ2v) is 2.55. The molecule has 58 valence electrons. The lowest BCUT2D eigenvalue weighted by atomic mass is 10.1. The van der Waals surface area contributed by atoms with Crippen molar-refractivity contribution in [3.63, 3.8) is 0 Å². The Labute approximate surface area is 64.6 Å². The number of hydrogen-bond donors (Lipinski definition) is 0. The van der Waals surface area contributed by atoms with Crippen molar-refractivity contribution >= 4 is 0 Å². The maximum Gasteiger partial charge on any atom is -0.0288 e. The Balaban J connectivity index is 3.28. The van der Waals surface area contributed by atoms with E-state index in [0.29, 0.717) is 0 Å². The van der Waals surface area contributed by atoms with Crippen LogP contribution >= 0.6 is 0 Å². The molecule has 0 fully saturated rings. The molecule has 0 spiro atoms. The van der Waals surface area contributed by atoms with Crippen molar-refractivity contribution in [1.29, 1.82) is 0 Å². The number of rotatable bonds is 4. The maximum atomic E-state index is 2.26. The molecule has 0 radical (unpaired) electrons. The quantitative estimate of drug-likeness (QED) is 0.520. The van der Waals surface area contributed by atoms with Crippen LogP contribution < -0.4 is 0 Å². The third-order valence-electron chi connectivity index (χ3n) is 1.60. The molecule has 0 bridgehead atoms. The average Bonchev–Trinajstić information content (AvgIpc) is 1.98. The van der Waals surface area contributed by atoms with Crippen LogP contribution in [0.5, 0.6) is 0 Å². The van der Waals surface area contributed by atoms with Gasteiger partial charge in [-0.2, -0.15) is 0 Å². The standard InChI is InChI=1S/C10H18/c1-4-6-7-8-9-10(3)5-2/h5-7H,4,8-9H2,1-3H3/b7-6-,10-5-. The highest BCUT2D eigenvalue weighted by Gasteiger charge is 1.83. The summed E-state index contributed by atoms with van der Waals surface area (Å²) in [6.45, 7) is 6.44. The Kier molecular flexibility index (Phi) is 6.25. The predicted octanol–water partition coefficient (Wildman–Crippen LogP) is 3.70. The highest BCUT2D eigenvalue weighted by molar-refractivity contribution is 4.97. The van der Waals surface area contributed by atoms with Gasteiger partial charge in [-0.05, 0) is 33.1 Å². The molecule has 0 saturated heterocycles. The van der Waals surface area contributed by atoms with E-state index in [1.807, 2.05) is 0 Å². The van der Waals surface area contributed by atoms with Crippen LogP contribution in [-0.2, 0) is 0 Å². The van der Waals surface area contributed by atoms with E-state index in [1.54, 1.807) is 0 Å². The van der Waals surface area contributed by atoms with E-state index >= 15 is 0 Å². The van der Waals surface area contributed by atoms with E-state index < -0.39 is 0 Å². The SMILES string of the molecule is C/C=C(/C)CC/C=C\CC. The smallest absolute Gasteiger partial charge is 0.0288 e. The van der Waals surface area contributed by atoms with Crippen molar-refractivity contribution < 1.29 is 0 Å². The molecule has 0 aromatic carbocycles. The Morgan fingerprint density at radius 3 is 2.50 bits per heavy atom. The summed E-state index contributed by atoms with van der Waals surface area (Å²) in [7, 11) is 0. The van der Waals surface area contributed by atoms with Gasteiger partial charge >= 0.3 is 0 Å². The van der Waals surface area contributed by atoms with Gasteiger partial charge < -0.3 is 0 Å². The van der Waals surface area contributed by atoms with Crippen molar-refractivity contribution in [2.75, 3.05) is 0 Å². The summed E-state index contributed by atoms with van der Waals surface area (Å²) in [5, 5.41) is 0. The third kappa shape index (κ3) is 5.61. The number of hydrogen-bond acceptors (Lipinski definition) is 0. The lowest BCUT2D eigenvalue weighted by molar-refractivity contribution is 0.967. The molecule has 0 nitrogen and oxygen atoms in total. The van der Waals surface area contributed by atoms with Crippen LogP contribution in [-0.4, -0.2) is 0 Å². The Hall–Kier alpha value is -0.520. The molecular weight excluding hydrogens is 120 g/mol. The average molecular weight is 138 g/mol. The molecular formula is C10H18. The van der Waals surface area contributed by atoms with Crippen LogP contribution in [0.4, 0.5) is 0 Å². The third-order valence-corrected chi connectivity index (χ3v) is 1.60. The summed E-state index contributed by atoms with van der Waals surface area (Å²) in [5.74, 6) is 0. The van der Waals surface area contributed by atoms with E-state index in [4.69, 9.17) is 0 Å². The minimum absolute atomic E-state index is 1.16. The molecule has 0 heterocycles. The molecule has 0 unspecified atom stereocenters. The van der Waals surface area contributed by atoms with Gasteiger partial charge in [0.05, 0.1) is 0 Å². The molecule has 0 aliphatic heterocycles. The predicted molar refractivity (Wildman–Crippen MR) is 48.1 cm³/mol. The summed E-state index contributed by atoms with van der Waals surface area (Å²) < 4.78 is 0. The first-order chi connectivity index (χ1) is 4.81. The van der Waals surface area contributed by atoms with E-state index in [1.165, 1.54) is 18.4 Å². The second kappa shape index (κ2) is 6.60. The van der Waals surface area contributed by atoms with Crippen LogP contribution in [0, 0.1) is 0 Å². The van der Waals surface area contributed by atoms with Gasteiger partial charge in [-0.1, -0.05) is 30.7 Å². The van der Waals surface area contributed by atoms with Gasteiger partial charge in [0, 0.05) is 0 Å². The zero-order chi connectivity index (χ0) is 7.82. The molecule has 0 N–H and O–H groups in total. The molecule has 0 rings (SSSR count). The minimum Gasteiger partial charge on any atom is -0.0888 e. The van der Waals surface area contributed by atoms with Crippen LogP contribution in [0.3, 0.4) is 0 Å². The van der Waals surface area contributed by atoms with Crippen LogP contribution in [0.1, 0.15) is 40.0 Å². The van der Waals surface area contributed by atoms with Crippen molar-refractivity contribution in [1.82, 2.24) is 0 Å². The highest BCUT2D eigenvalue weighted by atomic mass is 13.9. The summed E-state index contributed by atoms with van der Waals surface area (Å²) in [6.07, 6.45) is 10.2. The first kappa shape index (κ1) is 9.48. The molecule has 0 aliphatic carbocycles. The van der Waals surface area contributed by atoms with E-state index in [0.717, 1.165) is 6.42 Å². The van der Waals surface area contributed by atoms with Crippen molar-refractivity contribution in [3.05, 3.63) is 23.8 Å². The first-order valence-electron chi connectivity index (χ1n) is 4.08. The summed E-state index contributed by atoms with van der Waals surface area (Å²) in [6, 6.07) is 0. The molecule has 0 aliphatic rings. The Morgan fingerprint density at radius 2 is 2.00 bits per heavy atom. The summed E-state index contributed by atoms with van der Waals surface area (Å²) >= 11 is 0.